The number of aryl methyl sites for hydroxylation is 1. The predicted octanol–water partition coefficient (Wildman–Crippen LogP) is 9.32. The second-order valence-corrected chi connectivity index (χ2v) is 18.9. The Hall–Kier alpha value is -6.51. The molecule has 1 aliphatic heterocycles. The Morgan fingerprint density at radius 2 is 1.25 bits per heavy atom. The van der Waals surface area contributed by atoms with Gasteiger partial charge in [0.1, 0.15) is 50.7 Å². The predicted molar refractivity (Wildman–Crippen MR) is 244 cm³/mol. The first kappa shape index (κ1) is 46.5. The Bertz CT molecular complexity index is 2640. The number of ketones is 1. The summed E-state index contributed by atoms with van der Waals surface area (Å²) in [5.41, 5.74) is 4.71. The van der Waals surface area contributed by atoms with Gasteiger partial charge in [0.15, 0.2) is 11.5 Å². The molecule has 3 heterocycles. The van der Waals surface area contributed by atoms with Gasteiger partial charge in [-0.15, -0.1) is 30.0 Å². The highest BCUT2D eigenvalue weighted by molar-refractivity contribution is 5.79. The molecule has 4 aromatic carbocycles. The van der Waals surface area contributed by atoms with Crippen molar-refractivity contribution in [2.45, 2.75) is 112 Å². The molecule has 344 valence electrons. The summed E-state index contributed by atoms with van der Waals surface area (Å²) in [5, 5.41) is 39.2. The number of carbonyl (C=O) groups excluding carboxylic acids is 3. The fourth-order valence-electron chi connectivity index (χ4n) is 9.21. The van der Waals surface area contributed by atoms with Crippen molar-refractivity contribution in [2.75, 3.05) is 20.5 Å². The summed E-state index contributed by atoms with van der Waals surface area (Å²) in [5.74, 6) is 0.638. The first-order valence-electron chi connectivity index (χ1n) is 22.4. The number of carbonyl (C=O) groups is 3. The molecule has 15 nitrogen and oxygen atoms in total. The van der Waals surface area contributed by atoms with Crippen molar-refractivity contribution in [3.05, 3.63) is 83.9 Å². The zero-order valence-corrected chi connectivity index (χ0v) is 38.3. The summed E-state index contributed by atoms with van der Waals surface area (Å²) < 4.78 is 21.6. The Kier molecular flexibility index (Phi) is 14.1. The molecule has 0 spiro atoms. The lowest BCUT2D eigenvalue weighted by atomic mass is 9.61. The molecule has 0 saturated heterocycles. The van der Waals surface area contributed by atoms with Gasteiger partial charge < -0.3 is 29.2 Å². The largest absolute Gasteiger partial charge is 0.506 e. The quantitative estimate of drug-likeness (QED) is 0.0614. The summed E-state index contributed by atoms with van der Waals surface area (Å²) >= 11 is 0. The lowest BCUT2D eigenvalue weighted by Gasteiger charge is -2.43. The average molecular weight is 889 g/mol. The molecule has 2 N–H and O–H groups in total. The molecule has 2 unspecified atom stereocenters. The van der Waals surface area contributed by atoms with Crippen molar-refractivity contribution in [3.8, 4) is 34.4 Å². The SMILES string of the molecule is CCC(C)(CCC(=O)OCCc1ccc2nn(-c3cc4c(cc3O)OCO4)nc2c1)CC(C)(CCC(=O)OC)CC(C)(C)CCC(=O)CCc1ccc(O)c(-n2nc3ccccc3n2)c1. The molecule has 0 radical (unpaired) electrons. The number of hydrogen-bond donors (Lipinski definition) is 2. The molecule has 0 saturated carbocycles. The summed E-state index contributed by atoms with van der Waals surface area (Å²) in [7, 11) is 1.41. The molecule has 0 bridgehead atoms. The standard InChI is InChI=1S/C50H60N6O9/c1-7-49(4,23-20-47(61)63-25-21-34-13-16-38-39(26-34)54-56(53-38)41-28-44-45(29-43(41)59)65-32-64-44)31-50(5,24-19-46(60)62-6)30-48(2,3)22-18-35(57)15-12-33-14-17-42(58)40(27-33)55-51-36-10-8-9-11-37(36)52-55/h8-11,13-14,16-17,26-29,58-59H,7,12,15,18-25,30-32H2,1-6H3. The van der Waals surface area contributed by atoms with E-state index >= 15 is 0 Å². The van der Waals surface area contributed by atoms with Crippen LogP contribution in [0, 0.1) is 16.2 Å². The number of aromatic nitrogens is 6. The molecule has 1 aliphatic rings. The Labute approximate surface area is 379 Å². The van der Waals surface area contributed by atoms with E-state index in [0.717, 1.165) is 41.4 Å². The number of hydrogen-bond acceptors (Lipinski definition) is 13. The van der Waals surface area contributed by atoms with E-state index < -0.39 is 0 Å². The minimum absolute atomic E-state index is 0.0340. The van der Waals surface area contributed by atoms with Gasteiger partial charge in [0.2, 0.25) is 6.79 Å². The number of ether oxygens (including phenoxy) is 4. The zero-order valence-electron chi connectivity index (χ0n) is 38.3. The van der Waals surface area contributed by atoms with Gasteiger partial charge in [-0.05, 0) is 102 Å². The van der Waals surface area contributed by atoms with Crippen molar-refractivity contribution in [1.82, 2.24) is 30.0 Å². The number of esters is 2. The number of phenolic OH excluding ortho intramolecular Hbond substituents is 2. The van der Waals surface area contributed by atoms with Crippen molar-refractivity contribution in [1.29, 1.82) is 0 Å². The van der Waals surface area contributed by atoms with Crippen LogP contribution in [0.3, 0.4) is 0 Å². The van der Waals surface area contributed by atoms with Crippen LogP contribution in [0.1, 0.15) is 110 Å². The molecular formula is C50H60N6O9. The molecule has 2 aromatic heterocycles. The second-order valence-electron chi connectivity index (χ2n) is 18.9. The van der Waals surface area contributed by atoms with Gasteiger partial charge in [-0.1, -0.05) is 65.3 Å². The number of nitrogens with zero attached hydrogens (tertiary/aromatic N) is 6. The molecule has 0 fully saturated rings. The summed E-state index contributed by atoms with van der Waals surface area (Å²) in [6, 6.07) is 21.6. The third-order valence-corrected chi connectivity index (χ3v) is 12.8. The summed E-state index contributed by atoms with van der Waals surface area (Å²) in [6.07, 6.45) is 6.71. The number of methoxy groups -OCH3 is 1. The topological polar surface area (TPSA) is 190 Å². The lowest BCUT2D eigenvalue weighted by Crippen LogP contribution is -2.33. The first-order valence-corrected chi connectivity index (χ1v) is 22.4. The molecular weight excluding hydrogens is 829 g/mol. The van der Waals surface area contributed by atoms with Crippen LogP contribution in [0.4, 0.5) is 0 Å². The van der Waals surface area contributed by atoms with Gasteiger partial charge in [0.25, 0.3) is 0 Å². The van der Waals surface area contributed by atoms with Gasteiger partial charge in [0.05, 0.1) is 13.7 Å². The number of Topliss-reactive ketones (excluding diaryl/α,β-unsaturated/α-hetero) is 1. The maximum atomic E-state index is 13.3. The smallest absolute Gasteiger partial charge is 0.305 e. The number of rotatable bonds is 22. The van der Waals surface area contributed by atoms with Crippen LogP contribution < -0.4 is 9.47 Å². The van der Waals surface area contributed by atoms with Gasteiger partial charge in [-0.2, -0.15) is 0 Å². The van der Waals surface area contributed by atoms with E-state index in [-0.39, 0.29) is 71.7 Å². The monoisotopic (exact) mass is 888 g/mol. The van der Waals surface area contributed by atoms with Gasteiger partial charge in [-0.3, -0.25) is 14.4 Å². The number of fused-ring (bicyclic) bond motifs is 3. The zero-order chi connectivity index (χ0) is 46.4. The van der Waals surface area contributed by atoms with Crippen LogP contribution in [0.15, 0.2) is 72.8 Å². The lowest BCUT2D eigenvalue weighted by molar-refractivity contribution is -0.144. The van der Waals surface area contributed by atoms with Crippen molar-refractivity contribution < 1.29 is 43.5 Å². The van der Waals surface area contributed by atoms with E-state index in [0.29, 0.717) is 78.9 Å². The number of phenols is 2. The van der Waals surface area contributed by atoms with Crippen molar-refractivity contribution in [2.24, 2.45) is 16.2 Å². The highest BCUT2D eigenvalue weighted by Crippen LogP contribution is 2.49. The molecule has 7 rings (SSSR count). The maximum Gasteiger partial charge on any atom is 0.305 e. The minimum atomic E-state index is -0.273. The highest BCUT2D eigenvalue weighted by Gasteiger charge is 2.39. The number of benzene rings is 4. The molecule has 6 aromatic rings. The third kappa shape index (κ3) is 11.8. The van der Waals surface area contributed by atoms with Crippen LogP contribution in [0.5, 0.6) is 23.0 Å². The van der Waals surface area contributed by atoms with Crippen LogP contribution in [-0.2, 0) is 36.7 Å². The average Bonchev–Trinajstić information content (AvgIpc) is 4.04. The summed E-state index contributed by atoms with van der Waals surface area (Å²) in [6.45, 7) is 11.2. The van der Waals surface area contributed by atoms with E-state index in [9.17, 15) is 24.6 Å². The molecule has 2 atom stereocenters. The molecule has 15 heteroatoms. The van der Waals surface area contributed by atoms with E-state index in [1.54, 1.807) is 12.1 Å². The Morgan fingerprint density at radius 3 is 1.94 bits per heavy atom. The third-order valence-electron chi connectivity index (χ3n) is 12.8. The molecule has 0 aliphatic carbocycles. The first-order chi connectivity index (χ1) is 31.0. The number of aromatic hydroxyl groups is 2. The van der Waals surface area contributed by atoms with E-state index in [4.69, 9.17) is 18.9 Å². The fourth-order valence-corrected chi connectivity index (χ4v) is 9.21. The Morgan fingerprint density at radius 1 is 0.646 bits per heavy atom. The van der Waals surface area contributed by atoms with Crippen molar-refractivity contribution in [3.63, 3.8) is 0 Å². The van der Waals surface area contributed by atoms with Crippen molar-refractivity contribution >= 4 is 39.8 Å². The van der Waals surface area contributed by atoms with E-state index in [1.165, 1.54) is 22.8 Å². The summed E-state index contributed by atoms with van der Waals surface area (Å²) in [4.78, 5) is 41.7. The van der Waals surface area contributed by atoms with Crippen LogP contribution >= 0.6 is 0 Å². The minimum Gasteiger partial charge on any atom is -0.506 e. The van der Waals surface area contributed by atoms with Gasteiger partial charge >= 0.3 is 11.9 Å². The van der Waals surface area contributed by atoms with E-state index in [1.807, 2.05) is 54.6 Å². The second kappa shape index (κ2) is 19.7. The van der Waals surface area contributed by atoms with Crippen LogP contribution in [0.2, 0.25) is 0 Å². The molecule has 0 amide bonds. The van der Waals surface area contributed by atoms with Gasteiger partial charge in [0, 0.05) is 44.2 Å². The highest BCUT2D eigenvalue weighted by atomic mass is 16.7. The van der Waals surface area contributed by atoms with Crippen LogP contribution in [0.25, 0.3) is 33.4 Å². The Balaban J connectivity index is 0.899. The fraction of sp³-hybridized carbons (Fsp3) is 0.460. The molecule has 65 heavy (non-hydrogen) atoms. The van der Waals surface area contributed by atoms with Gasteiger partial charge in [-0.25, -0.2) is 0 Å². The normalized spacial score (nSPS) is 14.3. The van der Waals surface area contributed by atoms with E-state index in [2.05, 4.69) is 55.0 Å². The van der Waals surface area contributed by atoms with Crippen LogP contribution in [-0.4, -0.2) is 78.4 Å². The maximum absolute atomic E-state index is 13.3.